The predicted molar refractivity (Wildman–Crippen MR) is 147 cm³/mol. The van der Waals surface area contributed by atoms with Crippen molar-refractivity contribution in [3.8, 4) is 17.7 Å². The first kappa shape index (κ1) is 28.7. The van der Waals surface area contributed by atoms with Gasteiger partial charge in [-0.15, -0.1) is 0 Å². The van der Waals surface area contributed by atoms with Gasteiger partial charge in [0.1, 0.15) is 17.4 Å². The number of rotatable bonds is 7. The van der Waals surface area contributed by atoms with Crippen LogP contribution in [0.15, 0.2) is 41.3 Å². The van der Waals surface area contributed by atoms with Gasteiger partial charge >= 0.3 is 5.56 Å². The molecule has 3 aromatic rings. The molecule has 11 nitrogen and oxygen atoms in total. The summed E-state index contributed by atoms with van der Waals surface area (Å²) in [5.74, 6) is -0.868. The van der Waals surface area contributed by atoms with Crippen molar-refractivity contribution < 1.29 is 14.3 Å². The van der Waals surface area contributed by atoms with Gasteiger partial charge in [-0.2, -0.15) is 10.4 Å². The Morgan fingerprint density at radius 1 is 1.27 bits per heavy atom. The topological polar surface area (TPSA) is 154 Å². The van der Waals surface area contributed by atoms with Gasteiger partial charge in [-0.25, -0.2) is 15.1 Å². The number of likely N-dealkylation sites (tertiary alicyclic amines) is 1. The monoisotopic (exact) mass is 563 g/mol. The molecule has 1 aliphatic heterocycles. The van der Waals surface area contributed by atoms with Crippen LogP contribution < -0.4 is 15.6 Å². The molecule has 2 N–H and O–H groups in total. The average molecular weight is 564 g/mol. The Kier molecular flexibility index (Phi) is 8.21. The van der Waals surface area contributed by atoms with Crippen molar-refractivity contribution in [2.75, 3.05) is 0 Å². The number of nitrogens with one attached hydrogen (secondary N) is 2. The summed E-state index contributed by atoms with van der Waals surface area (Å²) in [6.07, 6.45) is 2.51. The quantitative estimate of drug-likeness (QED) is 0.437. The van der Waals surface area contributed by atoms with E-state index in [1.54, 1.807) is 31.7 Å². The zero-order valence-electron chi connectivity index (χ0n) is 22.9. The minimum atomic E-state index is -0.916. The van der Waals surface area contributed by atoms with E-state index < -0.39 is 22.9 Å². The van der Waals surface area contributed by atoms with E-state index in [0.29, 0.717) is 23.6 Å². The van der Waals surface area contributed by atoms with Crippen LogP contribution in [0.4, 0.5) is 0 Å². The van der Waals surface area contributed by atoms with Crippen LogP contribution in [-0.4, -0.2) is 49.0 Å². The van der Waals surface area contributed by atoms with Crippen LogP contribution in [0.1, 0.15) is 67.1 Å². The van der Waals surface area contributed by atoms with Gasteiger partial charge in [0, 0.05) is 11.1 Å². The summed E-state index contributed by atoms with van der Waals surface area (Å²) in [4.78, 5) is 49.0. The summed E-state index contributed by atoms with van der Waals surface area (Å²) in [6, 6.07) is 9.55. The fourth-order valence-electron chi connectivity index (χ4n) is 4.84. The molecule has 4 rings (SSSR count). The molecule has 0 spiro atoms. The van der Waals surface area contributed by atoms with E-state index in [4.69, 9.17) is 16.3 Å². The maximum atomic E-state index is 13.8. The first-order valence-electron chi connectivity index (χ1n) is 12.8. The maximum absolute atomic E-state index is 13.8. The molecule has 40 heavy (non-hydrogen) atoms. The molecule has 1 fully saturated rings. The SMILES string of the molecule is Cc1cc(Oc2ncc(C(=O)NC(C)C(=O)N3C(C(C)(C)C#N)CC[C@H]3c3cccc(Cl)c3)nc2C)c(=O)[nH]n1. The van der Waals surface area contributed by atoms with Gasteiger partial charge in [0.25, 0.3) is 5.91 Å². The van der Waals surface area contributed by atoms with E-state index in [1.165, 1.54) is 12.3 Å². The van der Waals surface area contributed by atoms with Gasteiger partial charge in [0.15, 0.2) is 5.75 Å². The number of nitrogens with zero attached hydrogens (tertiary/aromatic N) is 5. The maximum Gasteiger partial charge on any atom is 0.307 e. The van der Waals surface area contributed by atoms with E-state index >= 15 is 0 Å². The van der Waals surface area contributed by atoms with E-state index in [2.05, 4.69) is 31.6 Å². The van der Waals surface area contributed by atoms with Crippen LogP contribution in [0.25, 0.3) is 0 Å². The van der Waals surface area contributed by atoms with Crippen molar-refractivity contribution in [1.82, 2.24) is 30.4 Å². The lowest BCUT2D eigenvalue weighted by Crippen LogP contribution is -2.52. The van der Waals surface area contributed by atoms with Crippen molar-refractivity contribution >= 4 is 23.4 Å². The Hall–Kier alpha value is -4.30. The minimum Gasteiger partial charge on any atom is -0.431 e. The average Bonchev–Trinajstić information content (AvgIpc) is 3.37. The molecule has 0 radical (unpaired) electrons. The van der Waals surface area contributed by atoms with Gasteiger partial charge in [-0.1, -0.05) is 23.7 Å². The van der Waals surface area contributed by atoms with Crippen LogP contribution in [-0.2, 0) is 4.79 Å². The smallest absolute Gasteiger partial charge is 0.307 e. The molecule has 208 valence electrons. The van der Waals surface area contributed by atoms with Gasteiger partial charge in [0.2, 0.25) is 11.8 Å². The summed E-state index contributed by atoms with van der Waals surface area (Å²) in [6.45, 7) is 8.50. The molecular weight excluding hydrogens is 534 g/mol. The third kappa shape index (κ3) is 5.97. The molecule has 0 saturated carbocycles. The molecule has 12 heteroatoms. The highest BCUT2D eigenvalue weighted by Crippen LogP contribution is 2.43. The van der Waals surface area contributed by atoms with Crippen LogP contribution in [0.5, 0.6) is 11.6 Å². The molecule has 2 unspecified atom stereocenters. The van der Waals surface area contributed by atoms with Gasteiger partial charge in [0.05, 0.1) is 35.5 Å². The number of aromatic nitrogens is 4. The van der Waals surface area contributed by atoms with Gasteiger partial charge in [-0.05, 0) is 65.2 Å². The number of benzene rings is 1. The Balaban J connectivity index is 1.53. The number of hydrogen-bond acceptors (Lipinski definition) is 8. The Bertz CT molecular complexity index is 1550. The standard InChI is InChI=1S/C28H30ClN7O4/c1-15-11-22(25(38)35-34-15)40-26-16(2)32-20(13-31-26)24(37)33-17(3)27(39)36-21(18-7-6-8-19(29)12-18)9-10-23(36)28(4,5)14-30/h6-8,11-13,17,21,23H,9-10H2,1-5H3,(H,33,37)(H,35,38)/t17?,21-,23?/m0/s1. The van der Waals surface area contributed by atoms with Crippen LogP contribution in [0.3, 0.4) is 0 Å². The lowest BCUT2D eigenvalue weighted by atomic mass is 9.84. The van der Waals surface area contributed by atoms with Gasteiger partial charge in [-0.3, -0.25) is 14.4 Å². The Morgan fingerprint density at radius 2 is 2.02 bits per heavy atom. The molecule has 1 aromatic carbocycles. The summed E-state index contributed by atoms with van der Waals surface area (Å²) in [5, 5.41) is 19.2. The summed E-state index contributed by atoms with van der Waals surface area (Å²) in [7, 11) is 0. The van der Waals surface area contributed by atoms with Crippen molar-refractivity contribution in [2.45, 2.75) is 65.6 Å². The molecule has 3 atom stereocenters. The van der Waals surface area contributed by atoms with E-state index in [-0.39, 0.29) is 41.0 Å². The number of H-pyrrole nitrogens is 1. The highest BCUT2D eigenvalue weighted by molar-refractivity contribution is 6.30. The second-order valence-electron chi connectivity index (χ2n) is 10.4. The van der Waals surface area contributed by atoms with Crippen molar-refractivity contribution in [2.24, 2.45) is 5.41 Å². The second-order valence-corrected chi connectivity index (χ2v) is 10.8. The van der Waals surface area contributed by atoms with Crippen molar-refractivity contribution in [3.63, 3.8) is 0 Å². The summed E-state index contributed by atoms with van der Waals surface area (Å²) in [5.41, 5.74) is 0.335. The number of ether oxygens (including phenoxy) is 1. The molecule has 1 saturated heterocycles. The number of carbonyl (C=O) groups is 2. The van der Waals surface area contributed by atoms with Crippen LogP contribution >= 0.6 is 11.6 Å². The van der Waals surface area contributed by atoms with Gasteiger partial charge < -0.3 is 15.0 Å². The molecule has 1 aliphatic rings. The lowest BCUT2D eigenvalue weighted by molar-refractivity contribution is -0.137. The number of aryl methyl sites for hydroxylation is 2. The van der Waals surface area contributed by atoms with E-state index in [9.17, 15) is 19.6 Å². The highest BCUT2D eigenvalue weighted by atomic mass is 35.5. The van der Waals surface area contributed by atoms with Crippen LogP contribution in [0.2, 0.25) is 5.02 Å². The van der Waals surface area contributed by atoms with Crippen molar-refractivity contribution in [3.05, 3.63) is 74.6 Å². The molecule has 3 heterocycles. The lowest BCUT2D eigenvalue weighted by Gasteiger charge is -2.38. The third-order valence-corrected chi connectivity index (χ3v) is 7.19. The largest absolute Gasteiger partial charge is 0.431 e. The number of nitriles is 1. The number of amides is 2. The van der Waals surface area contributed by atoms with E-state index in [1.807, 2.05) is 32.0 Å². The minimum absolute atomic E-state index is 0.00367. The summed E-state index contributed by atoms with van der Waals surface area (Å²) < 4.78 is 5.57. The number of carbonyl (C=O) groups excluding carboxylic acids is 2. The van der Waals surface area contributed by atoms with Crippen molar-refractivity contribution in [1.29, 1.82) is 5.26 Å². The normalized spacial score (nSPS) is 17.7. The second kappa shape index (κ2) is 11.4. The fourth-order valence-corrected chi connectivity index (χ4v) is 5.04. The number of hydrogen-bond donors (Lipinski definition) is 2. The number of halogens is 1. The molecule has 2 amide bonds. The molecule has 2 aromatic heterocycles. The summed E-state index contributed by atoms with van der Waals surface area (Å²) >= 11 is 6.23. The first-order chi connectivity index (χ1) is 18.9. The van der Waals surface area contributed by atoms with E-state index in [0.717, 1.165) is 5.56 Å². The Labute approximate surface area is 236 Å². The fraction of sp³-hybridized carbons (Fsp3) is 0.393. The third-order valence-electron chi connectivity index (χ3n) is 6.95. The number of aromatic amines is 1. The molecule has 0 bridgehead atoms. The molecule has 0 aliphatic carbocycles. The first-order valence-corrected chi connectivity index (χ1v) is 13.2. The predicted octanol–water partition coefficient (Wildman–Crippen LogP) is 4.02. The van der Waals surface area contributed by atoms with Crippen LogP contribution in [0, 0.1) is 30.6 Å². The Morgan fingerprint density at radius 3 is 2.70 bits per heavy atom. The highest BCUT2D eigenvalue weighted by Gasteiger charge is 2.46. The zero-order chi connectivity index (χ0) is 29.2. The molecular formula is C28H30ClN7O4. The zero-order valence-corrected chi connectivity index (χ0v) is 23.6.